The number of aromatic nitrogens is 3. The van der Waals surface area contributed by atoms with Gasteiger partial charge in [-0.25, -0.2) is 4.79 Å². The molecule has 4 heterocycles. The van der Waals surface area contributed by atoms with E-state index in [2.05, 4.69) is 49.3 Å². The number of likely N-dealkylation sites (tertiary alicyclic amines) is 1. The number of pyridine rings is 1. The highest BCUT2D eigenvalue weighted by molar-refractivity contribution is 5.95. The van der Waals surface area contributed by atoms with Crippen LogP contribution in [0.15, 0.2) is 49.7 Å². The molecule has 1 amide bonds. The summed E-state index contributed by atoms with van der Waals surface area (Å²) in [5, 5.41) is 7.55. The molecule has 8 nitrogen and oxygen atoms in total. The number of H-pyrrole nitrogens is 1. The van der Waals surface area contributed by atoms with E-state index in [0.29, 0.717) is 31.2 Å². The summed E-state index contributed by atoms with van der Waals surface area (Å²) in [6, 6.07) is 9.67. The third kappa shape index (κ3) is 7.91. The number of hydrogen-bond donors (Lipinski definition) is 1. The third-order valence-electron chi connectivity index (χ3n) is 6.76. The summed E-state index contributed by atoms with van der Waals surface area (Å²) < 4.78 is 11.5. The van der Waals surface area contributed by atoms with Crippen LogP contribution in [0.1, 0.15) is 88.0 Å². The van der Waals surface area contributed by atoms with Crippen LogP contribution in [-0.4, -0.2) is 57.8 Å². The number of aldehydes is 1. The van der Waals surface area contributed by atoms with Crippen LogP contribution >= 0.6 is 0 Å². The summed E-state index contributed by atoms with van der Waals surface area (Å²) >= 11 is 0. The lowest BCUT2D eigenvalue weighted by Gasteiger charge is -2.45. The van der Waals surface area contributed by atoms with Crippen molar-refractivity contribution in [3.05, 3.63) is 66.6 Å². The molecule has 1 saturated heterocycles. The quantitative estimate of drug-likeness (QED) is 0.282. The van der Waals surface area contributed by atoms with Gasteiger partial charge in [0.25, 0.3) is 0 Å². The Morgan fingerprint density at radius 3 is 2.56 bits per heavy atom. The second-order valence-electron chi connectivity index (χ2n) is 9.31. The maximum absolute atomic E-state index is 11.9. The highest BCUT2D eigenvalue weighted by Crippen LogP contribution is 2.44. The van der Waals surface area contributed by atoms with E-state index in [1.165, 1.54) is 0 Å². The molecule has 1 spiro atoms. The fraction of sp³-hybridized carbons (Fsp3) is 0.484. The summed E-state index contributed by atoms with van der Waals surface area (Å²) in [5.41, 5.74) is 3.55. The Kier molecular flexibility index (Phi) is 12.7. The molecule has 0 saturated carbocycles. The van der Waals surface area contributed by atoms with Gasteiger partial charge in [0.2, 0.25) is 0 Å². The molecule has 0 aliphatic carbocycles. The van der Waals surface area contributed by atoms with Gasteiger partial charge in [0.1, 0.15) is 11.4 Å². The first-order valence-corrected chi connectivity index (χ1v) is 14.0. The molecule has 212 valence electrons. The number of piperidine rings is 1. The number of carbonyl (C=O) groups excluding carboxylic acids is 2. The van der Waals surface area contributed by atoms with Crippen LogP contribution in [0.4, 0.5) is 4.79 Å². The van der Waals surface area contributed by atoms with Gasteiger partial charge in [-0.15, -0.1) is 13.2 Å². The number of aryl methyl sites for hydroxylation is 1. The number of nitrogens with zero attached hydrogens (tertiary/aromatic N) is 3. The number of hydrogen-bond acceptors (Lipinski definition) is 6. The van der Waals surface area contributed by atoms with Gasteiger partial charge in [-0.1, -0.05) is 46.2 Å². The molecule has 1 unspecified atom stereocenters. The molecule has 8 heteroatoms. The van der Waals surface area contributed by atoms with Crippen LogP contribution in [0.3, 0.4) is 0 Å². The molecule has 2 aliphatic rings. The first-order chi connectivity index (χ1) is 19.0. The Balaban J connectivity index is 0.000000295. The van der Waals surface area contributed by atoms with Gasteiger partial charge < -0.3 is 14.4 Å². The molecule has 1 aromatic carbocycles. The molecule has 1 N–H and O–H groups in total. The number of carbonyl (C=O) groups is 2. The van der Waals surface area contributed by atoms with Crippen molar-refractivity contribution in [1.29, 1.82) is 0 Å². The zero-order valence-electron chi connectivity index (χ0n) is 24.2. The molecule has 0 radical (unpaired) electrons. The SMILES string of the molecule is C=C.CC.CCCc1ccc2c(n1)C(C)CC1(CCN(C(=O)OCC)CC1)O2.O=Cc1cccc2cn[nH]c12. The fourth-order valence-corrected chi connectivity index (χ4v) is 4.98. The lowest BCUT2D eigenvalue weighted by Crippen LogP contribution is -2.51. The molecule has 3 aromatic rings. The highest BCUT2D eigenvalue weighted by atomic mass is 16.6. The van der Waals surface area contributed by atoms with Crippen molar-refractivity contribution in [3.8, 4) is 5.75 Å². The minimum atomic E-state index is -0.206. The van der Waals surface area contributed by atoms with Crippen molar-refractivity contribution in [2.75, 3.05) is 19.7 Å². The summed E-state index contributed by atoms with van der Waals surface area (Å²) in [7, 11) is 0. The normalized spacial score (nSPS) is 16.6. The summed E-state index contributed by atoms with van der Waals surface area (Å²) in [6.07, 6.45) is 7.11. The van der Waals surface area contributed by atoms with Crippen LogP contribution in [0.2, 0.25) is 0 Å². The second-order valence-corrected chi connectivity index (χ2v) is 9.31. The molecule has 5 rings (SSSR count). The maximum atomic E-state index is 11.9. The number of fused-ring (bicyclic) bond motifs is 2. The number of para-hydroxylation sites is 1. The number of rotatable bonds is 4. The van der Waals surface area contributed by atoms with Crippen LogP contribution in [0.5, 0.6) is 5.75 Å². The summed E-state index contributed by atoms with van der Waals surface area (Å²) in [5.74, 6) is 1.32. The molecule has 2 aromatic heterocycles. The molecule has 0 bridgehead atoms. The zero-order chi connectivity index (χ0) is 28.8. The van der Waals surface area contributed by atoms with Crippen molar-refractivity contribution in [2.45, 2.75) is 78.2 Å². The van der Waals surface area contributed by atoms with Gasteiger partial charge in [0.15, 0.2) is 6.29 Å². The van der Waals surface area contributed by atoms with Crippen molar-refractivity contribution in [3.63, 3.8) is 0 Å². The van der Waals surface area contributed by atoms with E-state index in [0.717, 1.165) is 66.4 Å². The van der Waals surface area contributed by atoms with Crippen molar-refractivity contribution in [2.24, 2.45) is 0 Å². The van der Waals surface area contributed by atoms with Gasteiger partial charge in [-0.05, 0) is 38.0 Å². The average molecular weight is 537 g/mol. The molecular weight excluding hydrogens is 492 g/mol. The molecular formula is C31H44N4O4. The summed E-state index contributed by atoms with van der Waals surface area (Å²) in [4.78, 5) is 29.0. The van der Waals surface area contributed by atoms with Gasteiger partial charge in [-0.2, -0.15) is 5.10 Å². The lowest BCUT2D eigenvalue weighted by molar-refractivity contribution is -0.0206. The monoisotopic (exact) mass is 536 g/mol. The van der Waals surface area contributed by atoms with E-state index in [9.17, 15) is 9.59 Å². The number of ether oxygens (including phenoxy) is 2. The third-order valence-corrected chi connectivity index (χ3v) is 6.76. The van der Waals surface area contributed by atoms with Crippen molar-refractivity contribution >= 4 is 23.3 Å². The second kappa shape index (κ2) is 15.7. The largest absolute Gasteiger partial charge is 0.485 e. The molecule has 1 fully saturated rings. The van der Waals surface area contributed by atoms with Crippen LogP contribution in [0.25, 0.3) is 10.9 Å². The smallest absolute Gasteiger partial charge is 0.409 e. The molecule has 2 aliphatic heterocycles. The van der Waals surface area contributed by atoms with E-state index in [1.54, 1.807) is 17.2 Å². The van der Waals surface area contributed by atoms with Gasteiger partial charge in [-0.3, -0.25) is 14.9 Å². The predicted molar refractivity (Wildman–Crippen MR) is 157 cm³/mol. The van der Waals surface area contributed by atoms with Gasteiger partial charge >= 0.3 is 6.09 Å². The number of nitrogens with one attached hydrogen (secondary N) is 1. The predicted octanol–water partition coefficient (Wildman–Crippen LogP) is 7.12. The maximum Gasteiger partial charge on any atom is 0.409 e. The Labute approximate surface area is 232 Å². The number of aromatic amines is 1. The van der Waals surface area contributed by atoms with E-state index < -0.39 is 0 Å². The minimum absolute atomic E-state index is 0.163. The standard InChI is InChI=1S/C19H28N2O3.C8H6N2O.C2H6.C2H4/c1-4-6-15-7-8-16-17(20-15)14(3)13-19(24-16)9-11-21(12-10-19)18(22)23-5-2;11-5-7-3-1-2-6-4-9-10-8(6)7;2*1-2/h7-8,14H,4-6,9-13H2,1-3H3;1-5H,(H,9,10);1-2H3;1-2H2. The minimum Gasteiger partial charge on any atom is -0.485 e. The van der Waals surface area contributed by atoms with E-state index in [1.807, 2.05) is 32.9 Å². The molecule has 39 heavy (non-hydrogen) atoms. The Bertz CT molecular complexity index is 1180. The van der Waals surface area contributed by atoms with E-state index in [-0.39, 0.29) is 11.7 Å². The molecule has 1 atom stereocenters. The topological polar surface area (TPSA) is 97.4 Å². The average Bonchev–Trinajstić information content (AvgIpc) is 3.46. The number of benzene rings is 1. The Hall–Kier alpha value is -3.68. The fourth-order valence-electron chi connectivity index (χ4n) is 4.98. The van der Waals surface area contributed by atoms with Crippen LogP contribution < -0.4 is 4.74 Å². The Morgan fingerprint density at radius 2 is 1.92 bits per heavy atom. The zero-order valence-corrected chi connectivity index (χ0v) is 24.2. The first-order valence-electron chi connectivity index (χ1n) is 14.0. The van der Waals surface area contributed by atoms with E-state index >= 15 is 0 Å². The van der Waals surface area contributed by atoms with Crippen molar-refractivity contribution in [1.82, 2.24) is 20.1 Å². The van der Waals surface area contributed by atoms with Gasteiger partial charge in [0.05, 0.1) is 24.0 Å². The van der Waals surface area contributed by atoms with E-state index in [4.69, 9.17) is 14.5 Å². The summed E-state index contributed by atoms with van der Waals surface area (Å²) in [6.45, 7) is 18.1. The number of amides is 1. The van der Waals surface area contributed by atoms with Crippen LogP contribution in [-0.2, 0) is 11.2 Å². The first kappa shape index (κ1) is 31.5. The van der Waals surface area contributed by atoms with Crippen molar-refractivity contribution < 1.29 is 19.1 Å². The Morgan fingerprint density at radius 1 is 1.21 bits per heavy atom. The van der Waals surface area contributed by atoms with Crippen LogP contribution in [0, 0.1) is 0 Å². The lowest BCUT2D eigenvalue weighted by atomic mass is 9.79. The van der Waals surface area contributed by atoms with Gasteiger partial charge in [0, 0.05) is 48.5 Å². The highest BCUT2D eigenvalue weighted by Gasteiger charge is 2.43.